The van der Waals surface area contributed by atoms with Crippen LogP contribution in [0.4, 0.5) is 0 Å². The van der Waals surface area contributed by atoms with Gasteiger partial charge in [-0.1, -0.05) is 30.7 Å². The molecular formula is C18H16O3. The number of rotatable bonds is 1. The van der Waals surface area contributed by atoms with Gasteiger partial charge in [-0.05, 0) is 35.7 Å². The Morgan fingerprint density at radius 3 is 2.52 bits per heavy atom. The first-order chi connectivity index (χ1) is 10.2. The van der Waals surface area contributed by atoms with Crippen molar-refractivity contribution in [3.63, 3.8) is 0 Å². The van der Waals surface area contributed by atoms with Crippen LogP contribution in [0, 0.1) is 5.92 Å². The van der Waals surface area contributed by atoms with E-state index in [-0.39, 0.29) is 23.8 Å². The van der Waals surface area contributed by atoms with Gasteiger partial charge in [0.2, 0.25) is 0 Å². The lowest BCUT2D eigenvalue weighted by molar-refractivity contribution is -0.128. The van der Waals surface area contributed by atoms with Crippen LogP contribution in [0.5, 0.6) is 0 Å². The van der Waals surface area contributed by atoms with E-state index >= 15 is 0 Å². The standard InChI is InChI=1S/C18H16O3/c19-16-8-4-3-7-13(16)17-14-9-11-5-1-2-6-12(11)10-15(14)18(20)21-17/h1-2,5-6,9-10,13,17H,3-4,7-8H2. The predicted molar refractivity (Wildman–Crippen MR) is 79.1 cm³/mol. The highest BCUT2D eigenvalue weighted by Crippen LogP contribution is 2.42. The second kappa shape index (κ2) is 4.69. The lowest BCUT2D eigenvalue weighted by atomic mass is 9.81. The zero-order chi connectivity index (χ0) is 14.4. The smallest absolute Gasteiger partial charge is 0.339 e. The molecule has 106 valence electrons. The maximum absolute atomic E-state index is 12.2. The van der Waals surface area contributed by atoms with Gasteiger partial charge in [0.25, 0.3) is 0 Å². The van der Waals surface area contributed by atoms with Gasteiger partial charge in [0.15, 0.2) is 0 Å². The average molecular weight is 280 g/mol. The first kappa shape index (κ1) is 12.6. The van der Waals surface area contributed by atoms with Gasteiger partial charge in [-0.15, -0.1) is 0 Å². The maximum atomic E-state index is 12.2. The molecule has 2 unspecified atom stereocenters. The van der Waals surface area contributed by atoms with Gasteiger partial charge in [-0.3, -0.25) is 4.79 Å². The van der Waals surface area contributed by atoms with Crippen molar-refractivity contribution in [1.29, 1.82) is 0 Å². The van der Waals surface area contributed by atoms with Crippen molar-refractivity contribution in [2.45, 2.75) is 31.8 Å². The number of Topliss-reactive ketones (excluding diaryl/α,β-unsaturated/α-hetero) is 1. The first-order valence-electron chi connectivity index (χ1n) is 7.50. The van der Waals surface area contributed by atoms with E-state index < -0.39 is 0 Å². The molecule has 0 saturated heterocycles. The van der Waals surface area contributed by atoms with Crippen molar-refractivity contribution < 1.29 is 14.3 Å². The Hall–Kier alpha value is -2.16. The summed E-state index contributed by atoms with van der Waals surface area (Å²) in [6, 6.07) is 11.9. The zero-order valence-corrected chi connectivity index (χ0v) is 11.7. The van der Waals surface area contributed by atoms with Crippen molar-refractivity contribution in [2.24, 2.45) is 5.92 Å². The Morgan fingerprint density at radius 2 is 1.76 bits per heavy atom. The molecule has 1 fully saturated rings. The van der Waals surface area contributed by atoms with Crippen molar-refractivity contribution in [2.75, 3.05) is 0 Å². The number of carbonyl (C=O) groups excluding carboxylic acids is 2. The Kier molecular flexibility index (Phi) is 2.81. The highest BCUT2D eigenvalue weighted by molar-refractivity contribution is 6.00. The third-order valence-corrected chi connectivity index (χ3v) is 4.65. The van der Waals surface area contributed by atoms with Crippen LogP contribution in [0.25, 0.3) is 10.8 Å². The molecule has 1 saturated carbocycles. The third-order valence-electron chi connectivity index (χ3n) is 4.65. The van der Waals surface area contributed by atoms with Crippen LogP contribution in [0.2, 0.25) is 0 Å². The number of hydrogen-bond acceptors (Lipinski definition) is 3. The molecule has 2 aromatic carbocycles. The second-order valence-corrected chi connectivity index (χ2v) is 5.93. The molecule has 21 heavy (non-hydrogen) atoms. The van der Waals surface area contributed by atoms with Crippen LogP contribution >= 0.6 is 0 Å². The highest BCUT2D eigenvalue weighted by Gasteiger charge is 2.40. The summed E-state index contributed by atoms with van der Waals surface area (Å²) in [4.78, 5) is 24.3. The summed E-state index contributed by atoms with van der Waals surface area (Å²) in [5.74, 6) is -0.218. The van der Waals surface area contributed by atoms with Crippen LogP contribution in [0.15, 0.2) is 36.4 Å². The minimum atomic E-state index is -0.384. The molecule has 3 heteroatoms. The second-order valence-electron chi connectivity index (χ2n) is 5.93. The van der Waals surface area contributed by atoms with E-state index in [1.165, 1.54) is 0 Å². The Labute approximate surface area is 122 Å². The summed E-state index contributed by atoms with van der Waals surface area (Å²) in [7, 11) is 0. The third kappa shape index (κ3) is 1.96. The van der Waals surface area contributed by atoms with Crippen molar-refractivity contribution in [3.05, 3.63) is 47.5 Å². The molecule has 1 heterocycles. The summed E-state index contributed by atoms with van der Waals surface area (Å²) in [6.45, 7) is 0. The van der Waals surface area contributed by atoms with Gasteiger partial charge >= 0.3 is 5.97 Å². The number of carbonyl (C=O) groups is 2. The molecule has 0 aromatic heterocycles. The van der Waals surface area contributed by atoms with Gasteiger partial charge in [0, 0.05) is 12.0 Å². The monoisotopic (exact) mass is 280 g/mol. The Morgan fingerprint density at radius 1 is 1.00 bits per heavy atom. The van der Waals surface area contributed by atoms with E-state index in [2.05, 4.69) is 0 Å². The van der Waals surface area contributed by atoms with Crippen LogP contribution in [0.3, 0.4) is 0 Å². The predicted octanol–water partition coefficient (Wildman–Crippen LogP) is 3.81. The number of ether oxygens (including phenoxy) is 1. The lowest BCUT2D eigenvalue weighted by Gasteiger charge is -2.25. The van der Waals surface area contributed by atoms with E-state index in [0.717, 1.165) is 35.6 Å². The fourth-order valence-electron chi connectivity index (χ4n) is 3.54. The molecule has 3 nitrogen and oxygen atoms in total. The number of cyclic esters (lactones) is 1. The van der Waals surface area contributed by atoms with Crippen molar-refractivity contribution in [3.8, 4) is 0 Å². The lowest BCUT2D eigenvalue weighted by Crippen LogP contribution is -2.25. The molecular weight excluding hydrogens is 264 g/mol. The fraction of sp³-hybridized carbons (Fsp3) is 0.333. The summed E-state index contributed by atoms with van der Waals surface area (Å²) >= 11 is 0. The van der Waals surface area contributed by atoms with Crippen LogP contribution < -0.4 is 0 Å². The van der Waals surface area contributed by atoms with Gasteiger partial charge < -0.3 is 4.74 Å². The molecule has 0 bridgehead atoms. The maximum Gasteiger partial charge on any atom is 0.339 e. The molecule has 4 rings (SSSR count). The minimum Gasteiger partial charge on any atom is -0.453 e. The van der Waals surface area contributed by atoms with Crippen LogP contribution in [-0.2, 0) is 9.53 Å². The molecule has 0 amide bonds. The van der Waals surface area contributed by atoms with Crippen LogP contribution in [-0.4, -0.2) is 11.8 Å². The first-order valence-corrected chi connectivity index (χ1v) is 7.50. The molecule has 0 spiro atoms. The van der Waals surface area contributed by atoms with Crippen molar-refractivity contribution in [1.82, 2.24) is 0 Å². The Balaban J connectivity index is 1.82. The van der Waals surface area contributed by atoms with Crippen LogP contribution in [0.1, 0.15) is 47.7 Å². The number of hydrogen-bond donors (Lipinski definition) is 0. The van der Waals surface area contributed by atoms with E-state index in [1.54, 1.807) is 0 Å². The molecule has 2 aliphatic rings. The average Bonchev–Trinajstić information content (AvgIpc) is 2.82. The van der Waals surface area contributed by atoms with Gasteiger partial charge in [-0.25, -0.2) is 4.79 Å². The Bertz CT molecular complexity index is 747. The molecule has 0 N–H and O–H groups in total. The summed E-state index contributed by atoms with van der Waals surface area (Å²) in [6.07, 6.45) is 3.04. The summed E-state index contributed by atoms with van der Waals surface area (Å²) in [5, 5.41) is 2.12. The summed E-state index contributed by atoms with van der Waals surface area (Å²) < 4.78 is 5.55. The topological polar surface area (TPSA) is 43.4 Å². The van der Waals surface area contributed by atoms with Gasteiger partial charge in [0.1, 0.15) is 11.9 Å². The molecule has 1 aliphatic heterocycles. The SMILES string of the molecule is O=C1OC(C2CCCCC2=O)c2cc3ccccc3cc21. The summed E-state index contributed by atoms with van der Waals surface area (Å²) in [5.41, 5.74) is 1.51. The minimum absolute atomic E-state index is 0.162. The quantitative estimate of drug-likeness (QED) is 0.746. The van der Waals surface area contributed by atoms with Gasteiger partial charge in [0.05, 0.1) is 11.5 Å². The molecule has 0 radical (unpaired) electrons. The number of fused-ring (bicyclic) bond motifs is 2. The molecule has 1 aliphatic carbocycles. The number of ketones is 1. The molecule has 2 atom stereocenters. The largest absolute Gasteiger partial charge is 0.453 e. The van der Waals surface area contributed by atoms with E-state index in [4.69, 9.17) is 4.74 Å². The highest BCUT2D eigenvalue weighted by atomic mass is 16.5. The van der Waals surface area contributed by atoms with E-state index in [0.29, 0.717) is 12.0 Å². The fourth-order valence-corrected chi connectivity index (χ4v) is 3.54. The van der Waals surface area contributed by atoms with Gasteiger partial charge in [-0.2, -0.15) is 0 Å². The zero-order valence-electron chi connectivity index (χ0n) is 11.7. The van der Waals surface area contributed by atoms with E-state index in [1.807, 2.05) is 36.4 Å². The van der Waals surface area contributed by atoms with E-state index in [9.17, 15) is 9.59 Å². The number of esters is 1. The normalized spacial score (nSPS) is 25.0. The van der Waals surface area contributed by atoms with Crippen molar-refractivity contribution >= 4 is 22.5 Å². The number of benzene rings is 2. The molecule has 2 aromatic rings.